The lowest BCUT2D eigenvalue weighted by Crippen LogP contribution is -2.04. The average molecular weight is 331 g/mol. The maximum Gasteiger partial charge on any atom is 0.348 e. The standard InChI is InChI=1S/C17H17NO4S/c1-4-5-14-18-16-15(17(19)22-14)11(9-23-16)10-6-7-12(20-2)13(8-10)21-3/h6-9H,4-5H2,1-3H3. The van der Waals surface area contributed by atoms with E-state index in [1.807, 2.05) is 30.5 Å². The molecule has 23 heavy (non-hydrogen) atoms. The number of ether oxygens (including phenoxy) is 2. The Balaban J connectivity index is 2.16. The molecule has 0 N–H and O–H groups in total. The number of benzene rings is 1. The van der Waals surface area contributed by atoms with Gasteiger partial charge in [0, 0.05) is 17.4 Å². The van der Waals surface area contributed by atoms with E-state index in [1.165, 1.54) is 11.3 Å². The molecule has 2 aromatic heterocycles. The van der Waals surface area contributed by atoms with E-state index < -0.39 is 0 Å². The summed E-state index contributed by atoms with van der Waals surface area (Å²) in [5, 5.41) is 2.44. The van der Waals surface area contributed by atoms with Crippen LogP contribution in [-0.4, -0.2) is 19.2 Å². The van der Waals surface area contributed by atoms with Gasteiger partial charge in [-0.2, -0.15) is 0 Å². The van der Waals surface area contributed by atoms with E-state index in [-0.39, 0.29) is 5.63 Å². The largest absolute Gasteiger partial charge is 0.493 e. The summed E-state index contributed by atoms with van der Waals surface area (Å²) in [4.78, 5) is 17.5. The number of aryl methyl sites for hydroxylation is 1. The van der Waals surface area contributed by atoms with E-state index in [9.17, 15) is 4.79 Å². The van der Waals surface area contributed by atoms with Crippen LogP contribution in [0.3, 0.4) is 0 Å². The molecule has 0 saturated carbocycles. The zero-order valence-corrected chi connectivity index (χ0v) is 14.0. The molecule has 120 valence electrons. The first-order valence-corrected chi connectivity index (χ1v) is 8.19. The quantitative estimate of drug-likeness (QED) is 0.710. The van der Waals surface area contributed by atoms with Crippen LogP contribution in [0.25, 0.3) is 21.3 Å². The minimum atomic E-state index is -0.343. The highest BCUT2D eigenvalue weighted by atomic mass is 32.1. The van der Waals surface area contributed by atoms with Crippen molar-refractivity contribution in [2.24, 2.45) is 0 Å². The van der Waals surface area contributed by atoms with Gasteiger partial charge in [-0.3, -0.25) is 0 Å². The second-order valence-corrected chi connectivity index (χ2v) is 5.90. The Bertz CT molecular complexity index is 897. The third kappa shape index (κ3) is 2.82. The van der Waals surface area contributed by atoms with Crippen LogP contribution in [0.2, 0.25) is 0 Å². The molecular formula is C17H17NO4S. The summed E-state index contributed by atoms with van der Waals surface area (Å²) in [5.74, 6) is 1.75. The summed E-state index contributed by atoms with van der Waals surface area (Å²) >= 11 is 1.44. The third-order valence-electron chi connectivity index (χ3n) is 3.57. The average Bonchev–Trinajstić information content (AvgIpc) is 2.99. The van der Waals surface area contributed by atoms with E-state index >= 15 is 0 Å². The van der Waals surface area contributed by atoms with Gasteiger partial charge in [0.25, 0.3) is 0 Å². The van der Waals surface area contributed by atoms with Gasteiger partial charge in [0.2, 0.25) is 0 Å². The molecule has 0 aliphatic carbocycles. The number of thiophene rings is 1. The summed E-state index contributed by atoms with van der Waals surface area (Å²) in [6, 6.07) is 5.56. The highest BCUT2D eigenvalue weighted by Gasteiger charge is 2.16. The number of hydrogen-bond donors (Lipinski definition) is 0. The molecule has 0 fully saturated rings. The lowest BCUT2D eigenvalue weighted by molar-refractivity contribution is 0.355. The number of methoxy groups -OCH3 is 2. The molecule has 3 rings (SSSR count). The minimum absolute atomic E-state index is 0.343. The van der Waals surface area contributed by atoms with Crippen LogP contribution in [-0.2, 0) is 6.42 Å². The molecule has 5 nitrogen and oxygen atoms in total. The van der Waals surface area contributed by atoms with Crippen molar-refractivity contribution in [1.29, 1.82) is 0 Å². The lowest BCUT2D eigenvalue weighted by Gasteiger charge is -2.09. The summed E-state index contributed by atoms with van der Waals surface area (Å²) < 4.78 is 15.9. The monoisotopic (exact) mass is 331 g/mol. The first-order chi connectivity index (χ1) is 11.2. The van der Waals surface area contributed by atoms with Gasteiger partial charge in [-0.25, -0.2) is 9.78 Å². The summed E-state index contributed by atoms with van der Waals surface area (Å²) in [5.41, 5.74) is 1.32. The Kier molecular flexibility index (Phi) is 4.34. The van der Waals surface area contributed by atoms with Gasteiger partial charge in [0.05, 0.1) is 14.2 Å². The van der Waals surface area contributed by atoms with Gasteiger partial charge in [-0.05, 0) is 24.1 Å². The molecule has 0 spiro atoms. The second-order valence-electron chi connectivity index (χ2n) is 5.04. The summed E-state index contributed by atoms with van der Waals surface area (Å²) in [7, 11) is 3.17. The van der Waals surface area contributed by atoms with Gasteiger partial charge < -0.3 is 13.9 Å². The van der Waals surface area contributed by atoms with Crippen molar-refractivity contribution in [2.75, 3.05) is 14.2 Å². The molecule has 0 unspecified atom stereocenters. The fourth-order valence-corrected chi connectivity index (χ4v) is 3.41. The highest BCUT2D eigenvalue weighted by Crippen LogP contribution is 2.36. The van der Waals surface area contributed by atoms with Crippen LogP contribution in [0.15, 0.2) is 32.8 Å². The predicted octanol–water partition coefficient (Wildman–Crippen LogP) is 3.89. The Hall–Kier alpha value is -2.34. The van der Waals surface area contributed by atoms with Crippen molar-refractivity contribution in [1.82, 2.24) is 4.98 Å². The first kappa shape index (κ1) is 15.6. The second kappa shape index (κ2) is 6.42. The molecule has 0 atom stereocenters. The van der Waals surface area contributed by atoms with Gasteiger partial charge in [0.15, 0.2) is 17.4 Å². The predicted molar refractivity (Wildman–Crippen MR) is 90.7 cm³/mol. The topological polar surface area (TPSA) is 61.6 Å². The van der Waals surface area contributed by atoms with Crippen molar-refractivity contribution in [3.63, 3.8) is 0 Å². The van der Waals surface area contributed by atoms with E-state index in [0.717, 1.165) is 17.5 Å². The molecule has 1 aromatic carbocycles. The summed E-state index contributed by atoms with van der Waals surface area (Å²) in [6.07, 6.45) is 1.55. The number of hydrogen-bond acceptors (Lipinski definition) is 6. The van der Waals surface area contributed by atoms with Gasteiger partial charge >= 0.3 is 5.63 Å². The van der Waals surface area contributed by atoms with E-state index in [4.69, 9.17) is 13.9 Å². The molecule has 6 heteroatoms. The number of nitrogens with zero attached hydrogens (tertiary/aromatic N) is 1. The Morgan fingerprint density at radius 1 is 1.22 bits per heavy atom. The third-order valence-corrected chi connectivity index (χ3v) is 4.44. The van der Waals surface area contributed by atoms with Crippen molar-refractivity contribution < 1.29 is 13.9 Å². The SMILES string of the molecule is CCCc1nc2scc(-c3ccc(OC)c(OC)c3)c2c(=O)o1. The van der Waals surface area contributed by atoms with E-state index in [1.54, 1.807) is 14.2 Å². The Labute approximate surface area is 137 Å². The van der Waals surface area contributed by atoms with Crippen molar-refractivity contribution >= 4 is 21.6 Å². The van der Waals surface area contributed by atoms with Gasteiger partial charge in [-0.15, -0.1) is 11.3 Å². The zero-order valence-electron chi connectivity index (χ0n) is 13.2. The highest BCUT2D eigenvalue weighted by molar-refractivity contribution is 7.17. The molecule has 0 bridgehead atoms. The van der Waals surface area contributed by atoms with Gasteiger partial charge in [-0.1, -0.05) is 13.0 Å². The first-order valence-electron chi connectivity index (χ1n) is 7.31. The van der Waals surface area contributed by atoms with Crippen molar-refractivity contribution in [3.05, 3.63) is 39.9 Å². The van der Waals surface area contributed by atoms with Gasteiger partial charge in [0.1, 0.15) is 10.2 Å². The van der Waals surface area contributed by atoms with Crippen molar-refractivity contribution in [2.45, 2.75) is 19.8 Å². The number of fused-ring (bicyclic) bond motifs is 1. The fraction of sp³-hybridized carbons (Fsp3) is 0.294. The van der Waals surface area contributed by atoms with E-state index in [0.29, 0.717) is 34.0 Å². The van der Waals surface area contributed by atoms with Crippen LogP contribution in [0.5, 0.6) is 11.5 Å². The van der Waals surface area contributed by atoms with E-state index in [2.05, 4.69) is 4.98 Å². The lowest BCUT2D eigenvalue weighted by atomic mass is 10.1. The van der Waals surface area contributed by atoms with Crippen molar-refractivity contribution in [3.8, 4) is 22.6 Å². The van der Waals surface area contributed by atoms with Crippen LogP contribution < -0.4 is 15.1 Å². The molecule has 0 aliphatic heterocycles. The molecule has 0 saturated heterocycles. The van der Waals surface area contributed by atoms with Crippen LogP contribution in [0.1, 0.15) is 19.2 Å². The minimum Gasteiger partial charge on any atom is -0.493 e. The zero-order chi connectivity index (χ0) is 16.4. The molecule has 0 amide bonds. The fourth-order valence-electron chi connectivity index (χ4n) is 2.46. The molecule has 0 aliphatic rings. The normalized spacial score (nSPS) is 10.9. The summed E-state index contributed by atoms with van der Waals surface area (Å²) in [6.45, 7) is 2.02. The smallest absolute Gasteiger partial charge is 0.348 e. The Morgan fingerprint density at radius 2 is 2.00 bits per heavy atom. The molecule has 2 heterocycles. The van der Waals surface area contributed by atoms with Crippen LogP contribution in [0.4, 0.5) is 0 Å². The molecule has 3 aromatic rings. The maximum atomic E-state index is 12.4. The van der Waals surface area contributed by atoms with Crippen LogP contribution >= 0.6 is 11.3 Å². The number of rotatable bonds is 5. The Morgan fingerprint density at radius 3 is 2.70 bits per heavy atom. The molecule has 0 radical (unpaired) electrons. The maximum absolute atomic E-state index is 12.4. The molecular weight excluding hydrogens is 314 g/mol. The number of aromatic nitrogens is 1. The van der Waals surface area contributed by atoms with Crippen LogP contribution in [0, 0.1) is 0 Å².